The molecular weight excluding hydrogens is 252 g/mol. The van der Waals surface area contributed by atoms with E-state index in [1.165, 1.54) is 30.5 Å². The van der Waals surface area contributed by atoms with Gasteiger partial charge in [-0.25, -0.2) is 9.80 Å². The lowest BCUT2D eigenvalue weighted by atomic mass is 10.1. The first-order valence-corrected chi connectivity index (χ1v) is 5.34. The van der Waals surface area contributed by atoms with E-state index in [1.54, 1.807) is 6.08 Å². The first-order chi connectivity index (χ1) is 9.13. The second-order valence-electron chi connectivity index (χ2n) is 3.72. The number of nitrogens with one attached hydrogen (secondary N) is 2. The highest BCUT2D eigenvalue weighted by Crippen LogP contribution is 2.24. The van der Waals surface area contributed by atoms with Crippen LogP contribution in [0.2, 0.25) is 0 Å². The zero-order chi connectivity index (χ0) is 13.8. The number of urea groups is 1. The Labute approximate surface area is 107 Å². The Kier molecular flexibility index (Phi) is 3.42. The summed E-state index contributed by atoms with van der Waals surface area (Å²) in [5, 5.41) is 14.1. The highest BCUT2D eigenvalue weighted by molar-refractivity contribution is 5.78. The van der Waals surface area contributed by atoms with E-state index >= 15 is 0 Å². The van der Waals surface area contributed by atoms with E-state index < -0.39 is 17.0 Å². The van der Waals surface area contributed by atoms with Crippen LogP contribution in [0.15, 0.2) is 36.5 Å². The van der Waals surface area contributed by atoms with Gasteiger partial charge in [-0.1, -0.05) is 0 Å². The van der Waals surface area contributed by atoms with Crippen molar-refractivity contribution in [1.82, 2.24) is 15.8 Å². The van der Waals surface area contributed by atoms with Crippen molar-refractivity contribution in [3.05, 3.63) is 52.2 Å². The van der Waals surface area contributed by atoms with Gasteiger partial charge in [0, 0.05) is 18.3 Å². The Morgan fingerprint density at radius 3 is 2.63 bits per heavy atom. The minimum Gasteiger partial charge on any atom is -0.313 e. The number of amides is 3. The number of hydrogen-bond acceptors (Lipinski definition) is 4. The number of carbonyl (C=O) groups excluding carboxylic acids is 2. The number of nitro groups is 1. The molecule has 0 radical (unpaired) electrons. The van der Waals surface area contributed by atoms with Gasteiger partial charge in [0.25, 0.3) is 5.69 Å². The summed E-state index contributed by atoms with van der Waals surface area (Å²) < 4.78 is 0. The molecule has 0 aromatic heterocycles. The van der Waals surface area contributed by atoms with Crippen LogP contribution in [0.1, 0.15) is 11.6 Å². The molecule has 0 saturated heterocycles. The normalized spacial score (nSPS) is 17.8. The van der Waals surface area contributed by atoms with Crippen molar-refractivity contribution in [2.45, 2.75) is 6.04 Å². The fourth-order valence-corrected chi connectivity index (χ4v) is 1.74. The molecule has 2 rings (SSSR count). The third-order valence-electron chi connectivity index (χ3n) is 2.62. The second kappa shape index (κ2) is 5.17. The number of hydrogen-bond donors (Lipinski definition) is 2. The van der Waals surface area contributed by atoms with E-state index in [0.29, 0.717) is 12.0 Å². The van der Waals surface area contributed by atoms with Gasteiger partial charge in [-0.3, -0.25) is 20.3 Å². The number of rotatable bonds is 4. The lowest BCUT2D eigenvalue weighted by Crippen LogP contribution is -2.50. The van der Waals surface area contributed by atoms with Gasteiger partial charge in [0.2, 0.25) is 6.41 Å². The quantitative estimate of drug-likeness (QED) is 0.476. The zero-order valence-electron chi connectivity index (χ0n) is 9.65. The smallest absolute Gasteiger partial charge is 0.313 e. The van der Waals surface area contributed by atoms with E-state index in [1.807, 2.05) is 0 Å². The molecule has 19 heavy (non-hydrogen) atoms. The Morgan fingerprint density at radius 2 is 2.05 bits per heavy atom. The summed E-state index contributed by atoms with van der Waals surface area (Å²) in [6, 6.07) is 4.75. The maximum absolute atomic E-state index is 11.6. The SMILES string of the molecule is O=CNN1C(=O)NC=CC1c1ccc([N+](=O)[O-])cc1. The Hall–Kier alpha value is -2.90. The molecule has 0 spiro atoms. The summed E-state index contributed by atoms with van der Waals surface area (Å²) in [5.74, 6) is 0. The third-order valence-corrected chi connectivity index (χ3v) is 2.62. The topological polar surface area (TPSA) is 105 Å². The molecule has 1 unspecified atom stereocenters. The first-order valence-electron chi connectivity index (χ1n) is 5.34. The summed E-state index contributed by atoms with van der Waals surface area (Å²) >= 11 is 0. The predicted octanol–water partition coefficient (Wildman–Crippen LogP) is 0.836. The van der Waals surface area contributed by atoms with E-state index in [0.717, 1.165) is 5.01 Å². The molecule has 1 aliphatic rings. The lowest BCUT2D eigenvalue weighted by molar-refractivity contribution is -0.384. The van der Waals surface area contributed by atoms with Crippen LogP contribution in [-0.2, 0) is 4.79 Å². The molecule has 0 aliphatic carbocycles. The van der Waals surface area contributed by atoms with Crippen LogP contribution in [0.3, 0.4) is 0 Å². The van der Waals surface area contributed by atoms with E-state index in [9.17, 15) is 19.7 Å². The zero-order valence-corrected chi connectivity index (χ0v) is 9.65. The maximum Gasteiger partial charge on any atom is 0.340 e. The monoisotopic (exact) mass is 262 g/mol. The summed E-state index contributed by atoms with van der Waals surface area (Å²) in [4.78, 5) is 32.1. The summed E-state index contributed by atoms with van der Waals surface area (Å²) in [5.41, 5.74) is 2.88. The Bertz CT molecular complexity index is 540. The van der Waals surface area contributed by atoms with E-state index in [-0.39, 0.29) is 5.69 Å². The van der Waals surface area contributed by atoms with Crippen molar-refractivity contribution in [2.75, 3.05) is 0 Å². The first kappa shape index (κ1) is 12.6. The Morgan fingerprint density at radius 1 is 1.37 bits per heavy atom. The minimum absolute atomic E-state index is 0.0390. The summed E-state index contributed by atoms with van der Waals surface area (Å²) in [6.07, 6.45) is 3.49. The van der Waals surface area contributed by atoms with Gasteiger partial charge in [-0.05, 0) is 23.8 Å². The van der Waals surface area contributed by atoms with Crippen molar-refractivity contribution < 1.29 is 14.5 Å². The molecule has 1 aromatic carbocycles. The van der Waals surface area contributed by atoms with E-state index in [4.69, 9.17) is 0 Å². The molecule has 1 atom stereocenters. The summed E-state index contributed by atoms with van der Waals surface area (Å²) in [7, 11) is 0. The molecule has 0 saturated carbocycles. The molecule has 0 fully saturated rings. The standard InChI is InChI=1S/C11H10N4O4/c16-7-13-14-10(5-6-12-11(14)17)8-1-3-9(4-2-8)15(18)19/h1-7,10H,(H,12,17)(H,13,16). The number of carbonyl (C=O) groups is 2. The van der Waals surface area contributed by atoms with Crippen molar-refractivity contribution in [2.24, 2.45) is 0 Å². The average molecular weight is 262 g/mol. The van der Waals surface area contributed by atoms with Gasteiger partial charge >= 0.3 is 6.03 Å². The predicted molar refractivity (Wildman–Crippen MR) is 64.5 cm³/mol. The highest BCUT2D eigenvalue weighted by atomic mass is 16.6. The summed E-state index contributed by atoms with van der Waals surface area (Å²) in [6.45, 7) is 0. The van der Waals surface area contributed by atoms with Gasteiger partial charge in [-0.15, -0.1) is 0 Å². The van der Waals surface area contributed by atoms with Crippen LogP contribution in [0, 0.1) is 10.1 Å². The van der Waals surface area contributed by atoms with E-state index in [2.05, 4.69) is 10.7 Å². The van der Waals surface area contributed by atoms with Gasteiger partial charge in [0.15, 0.2) is 0 Å². The fraction of sp³-hybridized carbons (Fsp3) is 0.0909. The molecule has 1 aromatic rings. The van der Waals surface area contributed by atoms with Crippen molar-refractivity contribution >= 4 is 18.1 Å². The third kappa shape index (κ3) is 2.51. The maximum atomic E-state index is 11.6. The largest absolute Gasteiger partial charge is 0.340 e. The number of non-ortho nitro benzene ring substituents is 1. The van der Waals surface area contributed by atoms with Crippen LogP contribution in [0.5, 0.6) is 0 Å². The molecular formula is C11H10N4O4. The van der Waals surface area contributed by atoms with Crippen LogP contribution in [0.4, 0.5) is 10.5 Å². The number of nitrogens with zero attached hydrogens (tertiary/aromatic N) is 2. The van der Waals surface area contributed by atoms with Gasteiger partial charge < -0.3 is 5.32 Å². The van der Waals surface area contributed by atoms with Gasteiger partial charge in [0.1, 0.15) is 6.04 Å². The van der Waals surface area contributed by atoms with Crippen molar-refractivity contribution in [3.63, 3.8) is 0 Å². The molecule has 0 bridgehead atoms. The van der Waals surface area contributed by atoms with Crippen LogP contribution in [0.25, 0.3) is 0 Å². The van der Waals surface area contributed by atoms with Crippen LogP contribution >= 0.6 is 0 Å². The molecule has 2 N–H and O–H groups in total. The molecule has 8 nitrogen and oxygen atoms in total. The second-order valence-corrected chi connectivity index (χ2v) is 3.72. The fourth-order valence-electron chi connectivity index (χ4n) is 1.74. The molecule has 1 aliphatic heterocycles. The lowest BCUT2D eigenvalue weighted by Gasteiger charge is -2.31. The van der Waals surface area contributed by atoms with Crippen LogP contribution in [-0.4, -0.2) is 22.4 Å². The van der Waals surface area contributed by atoms with Gasteiger partial charge in [-0.2, -0.15) is 0 Å². The molecule has 1 heterocycles. The van der Waals surface area contributed by atoms with Crippen molar-refractivity contribution in [3.8, 4) is 0 Å². The van der Waals surface area contributed by atoms with Gasteiger partial charge in [0.05, 0.1) is 4.92 Å². The molecule has 98 valence electrons. The van der Waals surface area contributed by atoms with Crippen molar-refractivity contribution in [1.29, 1.82) is 0 Å². The molecule has 3 amide bonds. The highest BCUT2D eigenvalue weighted by Gasteiger charge is 2.26. The molecule has 8 heteroatoms. The van der Waals surface area contributed by atoms with Crippen LogP contribution < -0.4 is 10.7 Å². The average Bonchev–Trinajstić information content (AvgIpc) is 2.41. The minimum atomic E-state index is -0.514. The number of hydrazine groups is 1. The number of nitro benzene ring substituents is 1. The number of benzene rings is 1. The Balaban J connectivity index is 2.30.